The van der Waals surface area contributed by atoms with Gasteiger partial charge in [-0.3, -0.25) is 4.79 Å². The van der Waals surface area contributed by atoms with Crippen LogP contribution < -0.4 is 9.47 Å². The van der Waals surface area contributed by atoms with Gasteiger partial charge in [0.05, 0.1) is 25.4 Å². The van der Waals surface area contributed by atoms with E-state index in [-0.39, 0.29) is 54.7 Å². The van der Waals surface area contributed by atoms with Crippen molar-refractivity contribution in [3.63, 3.8) is 0 Å². The van der Waals surface area contributed by atoms with Gasteiger partial charge in [-0.2, -0.15) is 0 Å². The number of aromatic hydroxyl groups is 1. The van der Waals surface area contributed by atoms with Gasteiger partial charge in [0.25, 0.3) is 0 Å². The molecule has 0 aromatic heterocycles. The Labute approximate surface area is 127 Å². The minimum atomic E-state index is -0.738. The van der Waals surface area contributed by atoms with Crippen LogP contribution in [0.3, 0.4) is 0 Å². The minimum Gasteiger partial charge on any atom is -0.507 e. The van der Waals surface area contributed by atoms with E-state index in [1.54, 1.807) is 0 Å². The first-order valence-electron chi connectivity index (χ1n) is 7.21. The second-order valence-corrected chi connectivity index (χ2v) is 5.45. The summed E-state index contributed by atoms with van der Waals surface area (Å²) in [6.45, 7) is 0.0595. The molecule has 1 saturated heterocycles. The largest absolute Gasteiger partial charge is 0.507 e. The number of rotatable bonds is 3. The third-order valence-electron chi connectivity index (χ3n) is 3.74. The number of phenols is 1. The predicted molar refractivity (Wildman–Crippen MR) is 74.2 cm³/mol. The van der Waals surface area contributed by atoms with Gasteiger partial charge < -0.3 is 29.5 Å². The molecule has 2 aliphatic rings. The summed E-state index contributed by atoms with van der Waals surface area (Å²) in [6.07, 6.45) is -1.01. The molecule has 3 rings (SSSR count). The van der Waals surface area contributed by atoms with Crippen LogP contribution in [-0.4, -0.2) is 52.8 Å². The van der Waals surface area contributed by atoms with Crippen molar-refractivity contribution in [2.75, 3.05) is 13.2 Å². The Bertz CT molecular complexity index is 571. The van der Waals surface area contributed by atoms with Gasteiger partial charge >= 0.3 is 0 Å². The number of Topliss-reactive ketones (excluding diaryl/α,β-unsaturated/α-hetero) is 1. The summed E-state index contributed by atoms with van der Waals surface area (Å²) in [5.41, 5.74) is 0.163. The van der Waals surface area contributed by atoms with E-state index in [2.05, 4.69) is 0 Å². The number of ketones is 1. The number of phenolic OH excluding ortho intramolecular Hbond substituents is 1. The first-order chi connectivity index (χ1) is 10.6. The minimum absolute atomic E-state index is 0.163. The Morgan fingerprint density at radius 1 is 1.32 bits per heavy atom. The third-order valence-corrected chi connectivity index (χ3v) is 3.74. The third kappa shape index (κ3) is 3.01. The van der Waals surface area contributed by atoms with Crippen LogP contribution in [-0.2, 0) is 4.74 Å². The van der Waals surface area contributed by atoms with Crippen molar-refractivity contribution < 1.29 is 34.3 Å². The smallest absolute Gasteiger partial charge is 0.202 e. The lowest BCUT2D eigenvalue weighted by Gasteiger charge is -2.32. The summed E-state index contributed by atoms with van der Waals surface area (Å²) in [5.74, 6) is 0.185. The molecule has 0 radical (unpaired) electrons. The molecule has 7 heteroatoms. The molecular weight excluding hydrogens is 292 g/mol. The van der Waals surface area contributed by atoms with Gasteiger partial charge in [0.2, 0.25) is 6.29 Å². The van der Waals surface area contributed by atoms with Crippen molar-refractivity contribution in [3.05, 3.63) is 17.7 Å². The maximum Gasteiger partial charge on any atom is 0.202 e. The highest BCUT2D eigenvalue weighted by Gasteiger charge is 2.30. The fraction of sp³-hybridized carbons (Fsp3) is 0.533. The molecule has 1 aromatic carbocycles. The Morgan fingerprint density at radius 3 is 2.91 bits per heavy atom. The predicted octanol–water partition coefficient (Wildman–Crippen LogP) is 0.594. The van der Waals surface area contributed by atoms with Gasteiger partial charge in [0.1, 0.15) is 22.8 Å². The normalized spacial score (nSPS) is 27.9. The molecule has 120 valence electrons. The summed E-state index contributed by atoms with van der Waals surface area (Å²) in [7, 11) is 0. The van der Waals surface area contributed by atoms with Crippen molar-refractivity contribution in [3.8, 4) is 17.2 Å². The molecule has 0 bridgehead atoms. The number of aliphatic hydroxyl groups excluding tert-OH is 2. The van der Waals surface area contributed by atoms with Crippen LogP contribution in [0.2, 0.25) is 0 Å². The molecule has 3 N–H and O–H groups in total. The molecule has 0 amide bonds. The molecule has 7 nitrogen and oxygen atoms in total. The zero-order valence-electron chi connectivity index (χ0n) is 11.9. The van der Waals surface area contributed by atoms with Crippen LogP contribution in [0, 0.1) is 0 Å². The number of hydrogen-bond acceptors (Lipinski definition) is 7. The summed E-state index contributed by atoms with van der Waals surface area (Å²) in [5, 5.41) is 28.9. The first-order valence-corrected chi connectivity index (χ1v) is 7.21. The topological polar surface area (TPSA) is 105 Å². The quantitative estimate of drug-likeness (QED) is 0.750. The number of hydrogen-bond donors (Lipinski definition) is 3. The summed E-state index contributed by atoms with van der Waals surface area (Å²) < 4.78 is 16.5. The SMILES string of the molecule is O=C1CCOc2cc(OC3CC(O)CC(CO)O3)cc(O)c21. The van der Waals surface area contributed by atoms with E-state index in [1.807, 2.05) is 0 Å². The number of carbonyl (C=O) groups excluding carboxylic acids is 1. The average molecular weight is 310 g/mol. The fourth-order valence-electron chi connectivity index (χ4n) is 2.71. The number of carbonyl (C=O) groups is 1. The van der Waals surface area contributed by atoms with E-state index in [0.717, 1.165) is 0 Å². The summed E-state index contributed by atoms with van der Waals surface area (Å²) in [4.78, 5) is 11.8. The lowest BCUT2D eigenvalue weighted by molar-refractivity contribution is -0.184. The molecule has 3 unspecified atom stereocenters. The molecule has 1 aromatic rings. The van der Waals surface area contributed by atoms with Gasteiger partial charge in [-0.15, -0.1) is 0 Å². The number of fused-ring (bicyclic) bond motifs is 1. The van der Waals surface area contributed by atoms with E-state index in [4.69, 9.17) is 19.3 Å². The second kappa shape index (κ2) is 6.12. The van der Waals surface area contributed by atoms with Gasteiger partial charge in [-0.1, -0.05) is 0 Å². The molecule has 22 heavy (non-hydrogen) atoms. The summed E-state index contributed by atoms with van der Waals surface area (Å²) >= 11 is 0. The van der Waals surface area contributed by atoms with Crippen LogP contribution in [0.1, 0.15) is 29.6 Å². The molecule has 0 aliphatic carbocycles. The number of aliphatic hydroxyl groups is 2. The zero-order chi connectivity index (χ0) is 15.7. The van der Waals surface area contributed by atoms with Crippen LogP contribution in [0.4, 0.5) is 0 Å². The van der Waals surface area contributed by atoms with E-state index in [0.29, 0.717) is 6.42 Å². The monoisotopic (exact) mass is 310 g/mol. The van der Waals surface area contributed by atoms with Crippen LogP contribution in [0.5, 0.6) is 17.2 Å². The van der Waals surface area contributed by atoms with Gasteiger partial charge in [0.15, 0.2) is 5.78 Å². The van der Waals surface area contributed by atoms with Crippen LogP contribution >= 0.6 is 0 Å². The molecule has 1 fully saturated rings. The van der Waals surface area contributed by atoms with Crippen molar-refractivity contribution >= 4 is 5.78 Å². The van der Waals surface area contributed by atoms with E-state index >= 15 is 0 Å². The van der Waals surface area contributed by atoms with Crippen molar-refractivity contribution in [1.82, 2.24) is 0 Å². The Balaban J connectivity index is 1.78. The summed E-state index contributed by atoms with van der Waals surface area (Å²) in [6, 6.07) is 2.84. The van der Waals surface area contributed by atoms with Crippen LogP contribution in [0.15, 0.2) is 12.1 Å². The molecule has 2 heterocycles. The molecule has 3 atom stereocenters. The standard InChI is InChI=1S/C15H18O7/c16-7-10-3-8(17)4-14(22-10)21-9-5-12(19)15-11(18)1-2-20-13(15)6-9/h5-6,8,10,14,16-17,19H,1-4,7H2. The van der Waals surface area contributed by atoms with Crippen molar-refractivity contribution in [2.45, 2.75) is 37.8 Å². The van der Waals surface area contributed by atoms with E-state index < -0.39 is 18.5 Å². The highest BCUT2D eigenvalue weighted by Crippen LogP contribution is 2.37. The Kier molecular flexibility index (Phi) is 4.19. The maximum atomic E-state index is 11.8. The number of benzene rings is 1. The number of ether oxygens (including phenoxy) is 3. The van der Waals surface area contributed by atoms with Crippen molar-refractivity contribution in [1.29, 1.82) is 0 Å². The molecular formula is C15H18O7. The highest BCUT2D eigenvalue weighted by atomic mass is 16.7. The van der Waals surface area contributed by atoms with Gasteiger partial charge in [-0.05, 0) is 0 Å². The van der Waals surface area contributed by atoms with E-state index in [1.165, 1.54) is 12.1 Å². The zero-order valence-corrected chi connectivity index (χ0v) is 11.9. The lowest BCUT2D eigenvalue weighted by atomic mass is 10.0. The second-order valence-electron chi connectivity index (χ2n) is 5.45. The van der Waals surface area contributed by atoms with Gasteiger partial charge in [-0.25, -0.2) is 0 Å². The Hall–Kier alpha value is -1.83. The average Bonchev–Trinajstić information content (AvgIpc) is 2.46. The highest BCUT2D eigenvalue weighted by molar-refractivity contribution is 6.02. The Morgan fingerprint density at radius 2 is 2.14 bits per heavy atom. The molecule has 0 saturated carbocycles. The van der Waals surface area contributed by atoms with Crippen LogP contribution in [0.25, 0.3) is 0 Å². The first kappa shape index (κ1) is 15.1. The van der Waals surface area contributed by atoms with Gasteiger partial charge in [0, 0.05) is 31.4 Å². The molecule has 0 spiro atoms. The maximum absolute atomic E-state index is 11.8. The fourth-order valence-corrected chi connectivity index (χ4v) is 2.71. The lowest BCUT2D eigenvalue weighted by Crippen LogP contribution is -2.40. The molecule has 2 aliphatic heterocycles. The van der Waals surface area contributed by atoms with Crippen molar-refractivity contribution in [2.24, 2.45) is 0 Å². The van der Waals surface area contributed by atoms with E-state index in [9.17, 15) is 15.0 Å².